The van der Waals surface area contributed by atoms with E-state index in [4.69, 9.17) is 14.9 Å². The number of aliphatic hydroxyl groups excluding tert-OH is 3. The number of hydrogen-bond donors (Lipinski definition) is 3. The van der Waals surface area contributed by atoms with Crippen LogP contribution in [0.1, 0.15) is 109 Å². The zero-order chi connectivity index (χ0) is 19.1. The molecule has 0 heterocycles. The monoisotopic (exact) mass is 374 g/mol. The normalized spacial score (nSPS) is 12.6. The van der Waals surface area contributed by atoms with Gasteiger partial charge in [-0.15, -0.1) is 0 Å². The summed E-state index contributed by atoms with van der Waals surface area (Å²) in [5.41, 5.74) is 0. The molecule has 0 aliphatic rings. The van der Waals surface area contributed by atoms with Crippen molar-refractivity contribution in [3.63, 3.8) is 0 Å². The van der Waals surface area contributed by atoms with E-state index in [-0.39, 0.29) is 19.3 Å². The number of hydrogen-bond acceptors (Lipinski definition) is 4. The Morgan fingerprint density at radius 3 is 1.19 bits per heavy atom. The summed E-state index contributed by atoms with van der Waals surface area (Å²) < 4.78 is 5.36. The molecule has 0 aromatic rings. The topological polar surface area (TPSA) is 69.9 Å². The van der Waals surface area contributed by atoms with Gasteiger partial charge in [-0.05, 0) is 12.8 Å². The van der Waals surface area contributed by atoms with Gasteiger partial charge in [0.2, 0.25) is 0 Å². The predicted octanol–water partition coefficient (Wildman–Crippen LogP) is 4.98. The molecule has 0 rings (SSSR count). The van der Waals surface area contributed by atoms with Crippen LogP contribution in [0, 0.1) is 0 Å². The second-order valence-electron chi connectivity index (χ2n) is 7.57. The Morgan fingerprint density at radius 2 is 0.846 bits per heavy atom. The SMILES string of the molecule is OCCCCCCCCCCCCCCCCCCC(CO)OCCO. The highest BCUT2D eigenvalue weighted by Gasteiger charge is 2.06. The lowest BCUT2D eigenvalue weighted by Gasteiger charge is -2.14. The van der Waals surface area contributed by atoms with Crippen LogP contribution >= 0.6 is 0 Å². The minimum absolute atomic E-state index is 0.0297. The highest BCUT2D eigenvalue weighted by atomic mass is 16.5. The van der Waals surface area contributed by atoms with E-state index in [0.29, 0.717) is 13.2 Å². The van der Waals surface area contributed by atoms with Gasteiger partial charge >= 0.3 is 0 Å². The summed E-state index contributed by atoms with van der Waals surface area (Å²) >= 11 is 0. The van der Waals surface area contributed by atoms with Gasteiger partial charge in [0.25, 0.3) is 0 Å². The molecule has 0 spiro atoms. The summed E-state index contributed by atoms with van der Waals surface area (Å²) in [7, 11) is 0. The van der Waals surface area contributed by atoms with Gasteiger partial charge in [-0.25, -0.2) is 0 Å². The molecule has 1 atom stereocenters. The lowest BCUT2D eigenvalue weighted by Crippen LogP contribution is -2.19. The van der Waals surface area contributed by atoms with Crippen LogP contribution in [0.5, 0.6) is 0 Å². The molecule has 4 nitrogen and oxygen atoms in total. The molecule has 0 fully saturated rings. The van der Waals surface area contributed by atoms with E-state index in [2.05, 4.69) is 0 Å². The highest BCUT2D eigenvalue weighted by Crippen LogP contribution is 2.14. The van der Waals surface area contributed by atoms with Crippen LogP contribution in [-0.2, 0) is 4.74 Å². The van der Waals surface area contributed by atoms with Crippen LogP contribution < -0.4 is 0 Å². The zero-order valence-corrected chi connectivity index (χ0v) is 17.2. The van der Waals surface area contributed by atoms with Gasteiger partial charge in [0, 0.05) is 6.61 Å². The van der Waals surface area contributed by atoms with Crippen molar-refractivity contribution < 1.29 is 20.1 Å². The largest absolute Gasteiger partial charge is 0.396 e. The van der Waals surface area contributed by atoms with E-state index >= 15 is 0 Å². The molecule has 0 radical (unpaired) electrons. The molecule has 0 aromatic carbocycles. The van der Waals surface area contributed by atoms with E-state index < -0.39 is 0 Å². The Bertz CT molecular complexity index is 248. The van der Waals surface area contributed by atoms with Gasteiger partial charge in [0.05, 0.1) is 25.9 Å². The standard InChI is InChI=1S/C22H46O4/c23-18-16-14-12-10-8-6-4-2-1-3-5-7-9-11-13-15-17-22(21-25)26-20-19-24/h22-25H,1-21H2. The molecule has 0 aromatic heterocycles. The summed E-state index contributed by atoms with van der Waals surface area (Å²) in [6.45, 7) is 0.770. The van der Waals surface area contributed by atoms with Crippen molar-refractivity contribution in [3.8, 4) is 0 Å². The molecular weight excluding hydrogens is 328 g/mol. The molecular formula is C22H46O4. The van der Waals surface area contributed by atoms with Crippen molar-refractivity contribution in [3.05, 3.63) is 0 Å². The minimum Gasteiger partial charge on any atom is -0.396 e. The molecule has 0 bridgehead atoms. The summed E-state index contributed by atoms with van der Waals surface area (Å²) in [6, 6.07) is 0. The number of unbranched alkanes of at least 4 members (excludes halogenated alkanes) is 15. The molecule has 26 heavy (non-hydrogen) atoms. The van der Waals surface area contributed by atoms with Gasteiger partial charge in [-0.1, -0.05) is 96.3 Å². The molecule has 0 aliphatic carbocycles. The van der Waals surface area contributed by atoms with Gasteiger partial charge in [-0.3, -0.25) is 0 Å². The average molecular weight is 375 g/mol. The second-order valence-corrected chi connectivity index (χ2v) is 7.57. The first-order chi connectivity index (χ1) is 12.8. The van der Waals surface area contributed by atoms with E-state index in [9.17, 15) is 5.11 Å². The van der Waals surface area contributed by atoms with Crippen molar-refractivity contribution in [2.75, 3.05) is 26.4 Å². The fourth-order valence-corrected chi connectivity index (χ4v) is 3.41. The lowest BCUT2D eigenvalue weighted by molar-refractivity contribution is -0.00870. The third-order valence-corrected chi connectivity index (χ3v) is 5.08. The number of rotatable bonds is 22. The first kappa shape index (κ1) is 25.8. The van der Waals surface area contributed by atoms with Crippen LogP contribution in [0.4, 0.5) is 0 Å². The van der Waals surface area contributed by atoms with E-state index in [1.165, 1.54) is 89.9 Å². The van der Waals surface area contributed by atoms with Crippen molar-refractivity contribution in [2.45, 2.75) is 115 Å². The maximum atomic E-state index is 9.17. The lowest BCUT2D eigenvalue weighted by atomic mass is 10.0. The zero-order valence-electron chi connectivity index (χ0n) is 17.2. The summed E-state index contributed by atoms with van der Waals surface area (Å²) in [5, 5.41) is 26.6. The first-order valence-corrected chi connectivity index (χ1v) is 11.3. The van der Waals surface area contributed by atoms with Crippen molar-refractivity contribution in [2.24, 2.45) is 0 Å². The molecule has 3 N–H and O–H groups in total. The second kappa shape index (κ2) is 22.9. The van der Waals surface area contributed by atoms with Crippen molar-refractivity contribution >= 4 is 0 Å². The molecule has 4 heteroatoms. The Labute approximate surface area is 162 Å². The molecule has 158 valence electrons. The van der Waals surface area contributed by atoms with E-state index in [1.54, 1.807) is 0 Å². The smallest absolute Gasteiger partial charge is 0.0806 e. The van der Waals surface area contributed by atoms with E-state index in [1.807, 2.05) is 0 Å². The Morgan fingerprint density at radius 1 is 0.462 bits per heavy atom. The summed E-state index contributed by atoms with van der Waals surface area (Å²) in [5.74, 6) is 0. The van der Waals surface area contributed by atoms with Crippen LogP contribution in [0.15, 0.2) is 0 Å². The number of ether oxygens (including phenoxy) is 1. The maximum absolute atomic E-state index is 9.17. The fourth-order valence-electron chi connectivity index (χ4n) is 3.41. The van der Waals surface area contributed by atoms with Crippen molar-refractivity contribution in [1.29, 1.82) is 0 Å². The summed E-state index contributed by atoms with van der Waals surface area (Å²) in [4.78, 5) is 0. The number of aliphatic hydroxyl groups is 3. The van der Waals surface area contributed by atoms with Crippen LogP contribution in [0.2, 0.25) is 0 Å². The Hall–Kier alpha value is -0.160. The third kappa shape index (κ3) is 20.2. The molecule has 0 amide bonds. The predicted molar refractivity (Wildman–Crippen MR) is 109 cm³/mol. The first-order valence-electron chi connectivity index (χ1n) is 11.3. The Balaban J connectivity index is 3.11. The molecule has 0 saturated carbocycles. The average Bonchev–Trinajstić information content (AvgIpc) is 2.66. The van der Waals surface area contributed by atoms with Crippen LogP contribution in [0.25, 0.3) is 0 Å². The van der Waals surface area contributed by atoms with Crippen LogP contribution in [0.3, 0.4) is 0 Å². The molecule has 0 saturated heterocycles. The maximum Gasteiger partial charge on any atom is 0.0806 e. The third-order valence-electron chi connectivity index (χ3n) is 5.08. The van der Waals surface area contributed by atoms with Gasteiger partial charge < -0.3 is 20.1 Å². The highest BCUT2D eigenvalue weighted by molar-refractivity contribution is 4.57. The minimum atomic E-state index is -0.0947. The summed E-state index contributed by atoms with van der Waals surface area (Å²) in [6.07, 6.45) is 21.6. The van der Waals surface area contributed by atoms with Gasteiger partial charge in [0.1, 0.15) is 0 Å². The van der Waals surface area contributed by atoms with Crippen molar-refractivity contribution in [1.82, 2.24) is 0 Å². The fraction of sp³-hybridized carbons (Fsp3) is 1.00. The molecule has 1 unspecified atom stereocenters. The quantitative estimate of drug-likeness (QED) is 0.234. The Kier molecular flexibility index (Phi) is 22.7. The van der Waals surface area contributed by atoms with Crippen LogP contribution in [-0.4, -0.2) is 47.9 Å². The van der Waals surface area contributed by atoms with Gasteiger partial charge in [-0.2, -0.15) is 0 Å². The van der Waals surface area contributed by atoms with Gasteiger partial charge in [0.15, 0.2) is 0 Å². The van der Waals surface area contributed by atoms with E-state index in [0.717, 1.165) is 19.3 Å². The molecule has 0 aliphatic heterocycles.